The molecule has 2 heterocycles. The molecule has 0 saturated carbocycles. The van der Waals surface area contributed by atoms with Gasteiger partial charge in [0.05, 0.1) is 18.3 Å². The minimum atomic E-state index is 0.766. The Morgan fingerprint density at radius 1 is 1.00 bits per heavy atom. The molecule has 0 amide bonds. The van der Waals surface area contributed by atoms with E-state index >= 15 is 0 Å². The van der Waals surface area contributed by atoms with Gasteiger partial charge in [0.1, 0.15) is 5.75 Å². The number of thioether (sulfide) groups is 1. The second kappa shape index (κ2) is 7.72. The highest BCUT2D eigenvalue weighted by molar-refractivity contribution is 8.00. The molecule has 26 heavy (non-hydrogen) atoms. The van der Waals surface area contributed by atoms with Crippen molar-refractivity contribution in [3.63, 3.8) is 0 Å². The molecular formula is C19H16N4OS2. The molecule has 7 heteroatoms. The molecule has 0 unspecified atom stereocenters. The van der Waals surface area contributed by atoms with Crippen molar-refractivity contribution in [1.82, 2.24) is 15.2 Å². The molecule has 130 valence electrons. The summed E-state index contributed by atoms with van der Waals surface area (Å²) >= 11 is 3.17. The summed E-state index contributed by atoms with van der Waals surface area (Å²) in [4.78, 5) is 4.69. The highest BCUT2D eigenvalue weighted by atomic mass is 32.2. The summed E-state index contributed by atoms with van der Waals surface area (Å²) in [5.74, 6) is 1.59. The van der Waals surface area contributed by atoms with Crippen LogP contribution in [0.3, 0.4) is 0 Å². The smallest absolute Gasteiger partial charge is 0.210 e. The largest absolute Gasteiger partial charge is 0.497 e. The lowest BCUT2D eigenvalue weighted by Crippen LogP contribution is -1.89. The number of hydrogen-bond acceptors (Lipinski definition) is 7. The zero-order valence-electron chi connectivity index (χ0n) is 14.0. The zero-order chi connectivity index (χ0) is 17.8. The first kappa shape index (κ1) is 16.8. The highest BCUT2D eigenvalue weighted by Gasteiger charge is 2.07. The van der Waals surface area contributed by atoms with Gasteiger partial charge in [0.15, 0.2) is 4.34 Å². The van der Waals surface area contributed by atoms with Gasteiger partial charge >= 0.3 is 0 Å². The van der Waals surface area contributed by atoms with E-state index in [0.29, 0.717) is 0 Å². The standard InChI is InChI=1S/C19H16N4OS2/c1-24-16-10-8-14(9-11-16)21-18-22-23-19(26-18)25-12-15-7-6-13-4-2-3-5-17(13)20-15/h2-11H,12H2,1H3,(H,21,22). The summed E-state index contributed by atoms with van der Waals surface area (Å²) in [7, 11) is 1.65. The Labute approximate surface area is 159 Å². The maximum absolute atomic E-state index is 5.16. The summed E-state index contributed by atoms with van der Waals surface area (Å²) in [6.45, 7) is 0. The lowest BCUT2D eigenvalue weighted by Gasteiger charge is -2.03. The Balaban J connectivity index is 1.39. The number of hydrogen-bond donors (Lipinski definition) is 1. The number of nitrogens with one attached hydrogen (secondary N) is 1. The van der Waals surface area contributed by atoms with E-state index in [1.54, 1.807) is 18.9 Å². The van der Waals surface area contributed by atoms with Gasteiger partial charge in [0.25, 0.3) is 0 Å². The Morgan fingerprint density at radius 3 is 2.69 bits per heavy atom. The number of nitrogens with zero attached hydrogens (tertiary/aromatic N) is 3. The molecule has 5 nitrogen and oxygen atoms in total. The molecule has 0 bridgehead atoms. The van der Waals surface area contributed by atoms with E-state index in [4.69, 9.17) is 4.74 Å². The van der Waals surface area contributed by atoms with Gasteiger partial charge in [-0.1, -0.05) is 47.4 Å². The Kier molecular flexibility index (Phi) is 4.99. The summed E-state index contributed by atoms with van der Waals surface area (Å²) in [5.41, 5.74) is 3.01. The van der Waals surface area contributed by atoms with Crippen LogP contribution in [-0.4, -0.2) is 22.3 Å². The normalized spacial score (nSPS) is 10.8. The topological polar surface area (TPSA) is 59.9 Å². The molecule has 0 spiro atoms. The second-order valence-electron chi connectivity index (χ2n) is 5.51. The SMILES string of the molecule is COc1ccc(Nc2nnc(SCc3ccc4ccccc4n3)s2)cc1. The number of ether oxygens (including phenoxy) is 1. The number of anilines is 2. The van der Waals surface area contributed by atoms with E-state index in [2.05, 4.69) is 38.7 Å². The van der Waals surface area contributed by atoms with Crippen molar-refractivity contribution < 1.29 is 4.74 Å². The van der Waals surface area contributed by atoms with Crippen molar-refractivity contribution in [3.8, 4) is 5.75 Å². The van der Waals surface area contributed by atoms with E-state index in [-0.39, 0.29) is 0 Å². The first-order valence-corrected chi connectivity index (χ1v) is 9.82. The van der Waals surface area contributed by atoms with E-state index in [0.717, 1.165) is 43.3 Å². The van der Waals surface area contributed by atoms with Crippen LogP contribution in [0, 0.1) is 0 Å². The molecule has 0 radical (unpaired) electrons. The molecule has 0 aliphatic carbocycles. The molecule has 4 rings (SSSR count). The van der Waals surface area contributed by atoms with E-state index in [1.807, 2.05) is 42.5 Å². The van der Waals surface area contributed by atoms with Gasteiger partial charge < -0.3 is 10.1 Å². The Bertz CT molecular complexity index is 1020. The third-order valence-corrected chi connectivity index (χ3v) is 5.75. The number of pyridine rings is 1. The number of benzene rings is 2. The monoisotopic (exact) mass is 380 g/mol. The highest BCUT2D eigenvalue weighted by Crippen LogP contribution is 2.30. The number of rotatable bonds is 6. The molecule has 2 aromatic carbocycles. The van der Waals surface area contributed by atoms with Gasteiger partial charge in [-0.05, 0) is 36.4 Å². The number of methoxy groups -OCH3 is 1. The van der Waals surface area contributed by atoms with Gasteiger partial charge in [-0.2, -0.15) is 0 Å². The zero-order valence-corrected chi connectivity index (χ0v) is 15.7. The minimum Gasteiger partial charge on any atom is -0.497 e. The van der Waals surface area contributed by atoms with Crippen LogP contribution in [0.5, 0.6) is 5.75 Å². The lowest BCUT2D eigenvalue weighted by molar-refractivity contribution is 0.415. The summed E-state index contributed by atoms with van der Waals surface area (Å²) < 4.78 is 6.07. The quantitative estimate of drug-likeness (QED) is 0.468. The van der Waals surface area contributed by atoms with Crippen LogP contribution in [0.1, 0.15) is 5.69 Å². The molecule has 4 aromatic rings. The van der Waals surface area contributed by atoms with Crippen molar-refractivity contribution in [2.24, 2.45) is 0 Å². The average Bonchev–Trinajstić information content (AvgIpc) is 3.14. The summed E-state index contributed by atoms with van der Waals surface area (Å²) in [6, 6.07) is 20.0. The first-order chi connectivity index (χ1) is 12.8. The molecule has 0 aliphatic heterocycles. The Morgan fingerprint density at radius 2 is 1.85 bits per heavy atom. The van der Waals surface area contributed by atoms with Crippen molar-refractivity contribution in [3.05, 3.63) is 66.4 Å². The fourth-order valence-electron chi connectivity index (χ4n) is 2.44. The van der Waals surface area contributed by atoms with E-state index in [9.17, 15) is 0 Å². The van der Waals surface area contributed by atoms with Gasteiger partial charge in [-0.15, -0.1) is 10.2 Å². The number of aromatic nitrogens is 3. The molecular weight excluding hydrogens is 364 g/mol. The minimum absolute atomic E-state index is 0.766. The first-order valence-electron chi connectivity index (χ1n) is 8.02. The maximum atomic E-state index is 5.16. The van der Waals surface area contributed by atoms with Crippen LogP contribution in [0.25, 0.3) is 10.9 Å². The van der Waals surface area contributed by atoms with Crippen molar-refractivity contribution in [2.45, 2.75) is 10.1 Å². The predicted molar refractivity (Wildman–Crippen MR) is 107 cm³/mol. The van der Waals surface area contributed by atoms with Crippen LogP contribution in [-0.2, 0) is 5.75 Å². The van der Waals surface area contributed by atoms with Crippen LogP contribution in [0.2, 0.25) is 0 Å². The van der Waals surface area contributed by atoms with Gasteiger partial charge in [-0.3, -0.25) is 4.98 Å². The van der Waals surface area contributed by atoms with Gasteiger partial charge in [0, 0.05) is 16.8 Å². The summed E-state index contributed by atoms with van der Waals surface area (Å²) in [5, 5.41) is 13.6. The third kappa shape index (κ3) is 3.95. The van der Waals surface area contributed by atoms with Crippen LogP contribution in [0.4, 0.5) is 10.8 Å². The van der Waals surface area contributed by atoms with Crippen molar-refractivity contribution >= 4 is 44.8 Å². The van der Waals surface area contributed by atoms with Crippen molar-refractivity contribution in [1.29, 1.82) is 0 Å². The van der Waals surface area contributed by atoms with Crippen LogP contribution >= 0.6 is 23.1 Å². The second-order valence-corrected chi connectivity index (χ2v) is 7.71. The average molecular weight is 380 g/mol. The summed E-state index contributed by atoms with van der Waals surface area (Å²) in [6.07, 6.45) is 0. The Hall–Kier alpha value is -2.64. The fourth-order valence-corrected chi connectivity index (χ4v) is 4.12. The van der Waals surface area contributed by atoms with E-state index in [1.165, 1.54) is 11.3 Å². The molecule has 0 fully saturated rings. The molecule has 0 aliphatic rings. The van der Waals surface area contributed by atoms with Crippen LogP contribution < -0.4 is 10.1 Å². The maximum Gasteiger partial charge on any atom is 0.210 e. The lowest BCUT2D eigenvalue weighted by atomic mass is 10.2. The molecule has 1 N–H and O–H groups in total. The number of para-hydroxylation sites is 1. The van der Waals surface area contributed by atoms with Crippen LogP contribution in [0.15, 0.2) is 65.0 Å². The van der Waals surface area contributed by atoms with E-state index < -0.39 is 0 Å². The van der Waals surface area contributed by atoms with Crippen molar-refractivity contribution in [2.75, 3.05) is 12.4 Å². The third-order valence-electron chi connectivity index (χ3n) is 3.75. The van der Waals surface area contributed by atoms with Gasteiger partial charge in [0.2, 0.25) is 5.13 Å². The molecule has 0 atom stereocenters. The predicted octanol–water partition coefficient (Wildman–Crippen LogP) is 5.13. The fraction of sp³-hybridized carbons (Fsp3) is 0.105. The van der Waals surface area contributed by atoms with Gasteiger partial charge in [-0.25, -0.2) is 0 Å². The molecule has 0 saturated heterocycles. The number of fused-ring (bicyclic) bond motifs is 1. The molecule has 2 aromatic heterocycles.